The first kappa shape index (κ1) is 16.5. The number of rotatable bonds is 2. The number of nitrogens with two attached hydrogens (primary N) is 2. The largest absolute Gasteiger partial charge is 0.494 e. The molecule has 0 aromatic heterocycles. The minimum atomic E-state index is -3.67. The van der Waals surface area contributed by atoms with Gasteiger partial charge in [0, 0.05) is 5.02 Å². The van der Waals surface area contributed by atoms with Gasteiger partial charge in [0.2, 0.25) is 0 Å². The van der Waals surface area contributed by atoms with Crippen LogP contribution in [-0.4, -0.2) is 32.3 Å². The summed E-state index contributed by atoms with van der Waals surface area (Å²) in [4.78, 5) is 3.85. The summed E-state index contributed by atoms with van der Waals surface area (Å²) in [6, 6.07) is 5.02. The van der Waals surface area contributed by atoms with Crippen LogP contribution in [0.4, 0.5) is 5.69 Å². The highest BCUT2D eigenvalue weighted by Gasteiger charge is 2.01. The molecule has 0 heterocycles. The lowest BCUT2D eigenvalue weighted by Crippen LogP contribution is -2.21. The van der Waals surface area contributed by atoms with Gasteiger partial charge in [-0.1, -0.05) is 11.6 Å². The molecule has 0 aliphatic rings. The van der Waals surface area contributed by atoms with Gasteiger partial charge in [0.05, 0.1) is 13.4 Å². The van der Waals surface area contributed by atoms with E-state index in [2.05, 4.69) is 4.99 Å². The molecule has 0 unspecified atom stereocenters. The second-order valence-electron chi connectivity index (χ2n) is 3.09. The number of aliphatic imine (C=N–C) groups is 1. The fraction of sp³-hybridized carbons (Fsp3) is 0.222. The fourth-order valence-corrected chi connectivity index (χ4v) is 1.06. The molecule has 0 aliphatic carbocycles. The van der Waals surface area contributed by atoms with Crippen molar-refractivity contribution in [2.24, 2.45) is 16.5 Å². The number of ether oxygens (including phenoxy) is 1. The zero-order valence-electron chi connectivity index (χ0n) is 9.79. The van der Waals surface area contributed by atoms with E-state index in [1.165, 1.54) is 7.11 Å². The van der Waals surface area contributed by atoms with Crippen molar-refractivity contribution in [1.82, 2.24) is 0 Å². The topological polar surface area (TPSA) is 128 Å². The van der Waals surface area contributed by atoms with Crippen molar-refractivity contribution in [3.05, 3.63) is 23.2 Å². The lowest BCUT2D eigenvalue weighted by molar-refractivity contribution is 0.416. The van der Waals surface area contributed by atoms with Crippen LogP contribution in [0.5, 0.6) is 5.75 Å². The van der Waals surface area contributed by atoms with Gasteiger partial charge in [-0.25, -0.2) is 4.99 Å². The number of nitrogens with zero attached hydrogens (tertiary/aromatic N) is 1. The smallest absolute Gasteiger partial charge is 0.261 e. The molecule has 7 nitrogen and oxygen atoms in total. The minimum absolute atomic E-state index is 0.0273. The highest BCUT2D eigenvalue weighted by Crippen LogP contribution is 2.29. The Bertz CT molecular complexity index is 519. The summed E-state index contributed by atoms with van der Waals surface area (Å²) in [7, 11) is -2.13. The summed E-state index contributed by atoms with van der Waals surface area (Å²) in [6.07, 6.45) is 0.715. The predicted molar refractivity (Wildman–Crippen MR) is 70.9 cm³/mol. The third-order valence-electron chi connectivity index (χ3n) is 1.39. The Morgan fingerprint density at radius 2 is 1.94 bits per heavy atom. The molecule has 0 aliphatic heterocycles. The minimum Gasteiger partial charge on any atom is -0.494 e. The van der Waals surface area contributed by atoms with E-state index in [1.54, 1.807) is 18.2 Å². The van der Waals surface area contributed by atoms with Crippen molar-refractivity contribution in [2.75, 3.05) is 13.4 Å². The number of halogens is 1. The van der Waals surface area contributed by atoms with E-state index >= 15 is 0 Å². The summed E-state index contributed by atoms with van der Waals surface area (Å²) in [6.45, 7) is 0. The Balaban J connectivity index is 0.000000494. The second-order valence-corrected chi connectivity index (χ2v) is 4.99. The van der Waals surface area contributed by atoms with Crippen LogP contribution < -0.4 is 16.2 Å². The van der Waals surface area contributed by atoms with E-state index in [1.807, 2.05) is 0 Å². The van der Waals surface area contributed by atoms with E-state index in [9.17, 15) is 8.42 Å². The summed E-state index contributed by atoms with van der Waals surface area (Å²) in [5.74, 6) is 0.554. The Morgan fingerprint density at radius 1 is 1.44 bits per heavy atom. The van der Waals surface area contributed by atoms with Gasteiger partial charge in [-0.05, 0) is 18.2 Å². The lowest BCUT2D eigenvalue weighted by atomic mass is 10.3. The zero-order chi connectivity index (χ0) is 14.3. The Labute approximate surface area is 110 Å². The molecule has 1 aromatic rings. The maximum atomic E-state index is 9.19. The van der Waals surface area contributed by atoms with Crippen LogP contribution in [0.2, 0.25) is 5.02 Å². The molecule has 0 amide bonds. The monoisotopic (exact) mass is 295 g/mol. The van der Waals surface area contributed by atoms with Crippen molar-refractivity contribution < 1.29 is 17.7 Å². The lowest BCUT2D eigenvalue weighted by Gasteiger charge is -2.04. The van der Waals surface area contributed by atoms with Crippen molar-refractivity contribution in [2.45, 2.75) is 0 Å². The van der Waals surface area contributed by atoms with E-state index in [4.69, 9.17) is 32.4 Å². The molecule has 0 radical (unpaired) electrons. The molecule has 0 saturated carbocycles. The molecule has 102 valence electrons. The first-order valence-corrected chi connectivity index (χ1v) is 6.71. The van der Waals surface area contributed by atoms with Crippen LogP contribution in [0, 0.1) is 0 Å². The molecule has 5 N–H and O–H groups in total. The Hall–Kier alpha value is -1.51. The van der Waals surface area contributed by atoms with Crippen LogP contribution in [0.3, 0.4) is 0 Å². The number of methoxy groups -OCH3 is 1. The second kappa shape index (κ2) is 7.04. The van der Waals surface area contributed by atoms with Crippen LogP contribution in [0.25, 0.3) is 0 Å². The van der Waals surface area contributed by atoms with Crippen molar-refractivity contribution in [1.29, 1.82) is 0 Å². The highest BCUT2D eigenvalue weighted by molar-refractivity contribution is 7.85. The molecule has 1 aromatic carbocycles. The van der Waals surface area contributed by atoms with Gasteiger partial charge < -0.3 is 16.2 Å². The van der Waals surface area contributed by atoms with Gasteiger partial charge >= 0.3 is 0 Å². The van der Waals surface area contributed by atoms with Crippen LogP contribution >= 0.6 is 11.6 Å². The van der Waals surface area contributed by atoms with Crippen molar-refractivity contribution in [3.8, 4) is 5.75 Å². The molecule has 1 rings (SSSR count). The third-order valence-corrected chi connectivity index (χ3v) is 1.63. The van der Waals surface area contributed by atoms with Gasteiger partial charge in [-0.3, -0.25) is 4.55 Å². The summed E-state index contributed by atoms with van der Waals surface area (Å²) >= 11 is 5.75. The maximum absolute atomic E-state index is 9.19. The van der Waals surface area contributed by atoms with E-state index in [0.717, 1.165) is 0 Å². The number of guanidine groups is 1. The quantitative estimate of drug-likeness (QED) is 0.420. The fourth-order valence-electron chi connectivity index (χ4n) is 0.890. The van der Waals surface area contributed by atoms with Gasteiger partial charge in [-0.15, -0.1) is 0 Å². The third kappa shape index (κ3) is 8.62. The Kier molecular flexibility index (Phi) is 6.45. The standard InChI is InChI=1S/C8H10ClN3O.CH4O3S/c1-13-7-3-2-5(9)4-6(7)12-8(10)11;1-5(2,3)4/h2-4H,1H3,(H4,10,11,12);1H3,(H,2,3,4). The highest BCUT2D eigenvalue weighted by atomic mass is 35.5. The average Bonchev–Trinajstić information content (AvgIpc) is 2.14. The van der Waals surface area contributed by atoms with E-state index < -0.39 is 10.1 Å². The molecule has 0 bridgehead atoms. The van der Waals surface area contributed by atoms with Gasteiger partial charge in [0.15, 0.2) is 5.96 Å². The van der Waals surface area contributed by atoms with Gasteiger partial charge in [-0.2, -0.15) is 8.42 Å². The first-order valence-electron chi connectivity index (χ1n) is 4.49. The summed E-state index contributed by atoms with van der Waals surface area (Å²) < 4.78 is 30.9. The molecule has 0 spiro atoms. The van der Waals surface area contributed by atoms with Crippen LogP contribution in [0.1, 0.15) is 0 Å². The maximum Gasteiger partial charge on any atom is 0.261 e. The van der Waals surface area contributed by atoms with Gasteiger partial charge in [0.25, 0.3) is 10.1 Å². The zero-order valence-corrected chi connectivity index (χ0v) is 11.4. The molecular weight excluding hydrogens is 282 g/mol. The van der Waals surface area contributed by atoms with Crippen LogP contribution in [-0.2, 0) is 10.1 Å². The number of hydrogen-bond donors (Lipinski definition) is 3. The van der Waals surface area contributed by atoms with Crippen molar-refractivity contribution >= 4 is 33.4 Å². The van der Waals surface area contributed by atoms with E-state index in [-0.39, 0.29) is 5.96 Å². The molecule has 0 fully saturated rings. The normalized spacial score (nSPS) is 10.0. The predicted octanol–water partition coefficient (Wildman–Crippen LogP) is 0.758. The Morgan fingerprint density at radius 3 is 2.33 bits per heavy atom. The summed E-state index contributed by atoms with van der Waals surface area (Å²) in [5.41, 5.74) is 11.0. The molecular formula is C9H14ClN3O4S. The van der Waals surface area contributed by atoms with E-state index in [0.29, 0.717) is 22.7 Å². The van der Waals surface area contributed by atoms with Crippen molar-refractivity contribution in [3.63, 3.8) is 0 Å². The number of hydrogen-bond acceptors (Lipinski definition) is 4. The molecule has 0 atom stereocenters. The number of benzene rings is 1. The van der Waals surface area contributed by atoms with Gasteiger partial charge in [0.1, 0.15) is 11.4 Å². The molecule has 9 heteroatoms. The molecule has 0 saturated heterocycles. The summed E-state index contributed by atoms with van der Waals surface area (Å²) in [5, 5.41) is 0.556. The van der Waals surface area contributed by atoms with Crippen LogP contribution in [0.15, 0.2) is 23.2 Å². The molecule has 18 heavy (non-hydrogen) atoms. The average molecular weight is 296 g/mol. The SMILES string of the molecule is COc1ccc(Cl)cc1N=C(N)N.CS(=O)(=O)O. The first-order chi connectivity index (χ1) is 8.13.